The van der Waals surface area contributed by atoms with Crippen molar-refractivity contribution < 1.29 is 79.2 Å². The third-order valence-corrected chi connectivity index (χ3v) is 5.93. The molecule has 7 atom stereocenters. The van der Waals surface area contributed by atoms with Crippen molar-refractivity contribution in [1.82, 2.24) is 0 Å². The van der Waals surface area contributed by atoms with Crippen LogP contribution in [0.1, 0.15) is 48.0 Å². The first-order valence-electron chi connectivity index (χ1n) is 10.0. The van der Waals surface area contributed by atoms with Gasteiger partial charge in [-0.05, 0) is 40.7 Å². The second-order valence-corrected chi connectivity index (χ2v) is 9.62. The maximum Gasteiger partial charge on any atom is 0.472 e. The molecule has 0 aromatic heterocycles. The van der Waals surface area contributed by atoms with E-state index in [9.17, 15) is 4.57 Å². The molecule has 2 aliphatic heterocycles. The van der Waals surface area contributed by atoms with Gasteiger partial charge in [-0.2, -0.15) is 0 Å². The van der Waals surface area contributed by atoms with E-state index in [-0.39, 0.29) is 91.5 Å². The Hall–Kier alpha value is 1.33. The van der Waals surface area contributed by atoms with Gasteiger partial charge in [-0.1, -0.05) is 13.0 Å². The molecule has 0 N–H and O–H groups in total. The normalized spacial score (nSPS) is 33.4. The minimum absolute atomic E-state index is 0. The van der Waals surface area contributed by atoms with Gasteiger partial charge >= 0.3 is 7.82 Å². The van der Waals surface area contributed by atoms with Gasteiger partial charge in [0.2, 0.25) is 0 Å². The smallest absolute Gasteiger partial charge is 0.405 e. The van der Waals surface area contributed by atoms with Crippen LogP contribution < -0.4 is 0 Å². The Kier molecular flexibility index (Phi) is 15.2. The SMILES string of the molecule is COP(=O)(OC[C@H]1O[C@@H](C)CC1OC(C)C)OC1[CH-][C@H](C)O[C@@H]1COC(C)C.[W].[W]. The fourth-order valence-electron chi connectivity index (χ4n) is 3.31. The third kappa shape index (κ3) is 10.1. The van der Waals surface area contributed by atoms with Crippen LogP contribution in [0.4, 0.5) is 0 Å². The molecule has 0 aromatic carbocycles. The summed E-state index contributed by atoms with van der Waals surface area (Å²) in [5.74, 6) is 0. The summed E-state index contributed by atoms with van der Waals surface area (Å²) in [4.78, 5) is 0. The molecule has 0 bridgehead atoms. The van der Waals surface area contributed by atoms with Crippen molar-refractivity contribution in [3.8, 4) is 0 Å². The van der Waals surface area contributed by atoms with Crippen LogP contribution in [0.15, 0.2) is 0 Å². The average molecular weight is 791 g/mol. The third-order valence-electron chi connectivity index (χ3n) is 4.51. The zero-order chi connectivity index (χ0) is 20.9. The van der Waals surface area contributed by atoms with E-state index in [0.717, 1.165) is 6.42 Å². The van der Waals surface area contributed by atoms with Gasteiger partial charge < -0.3 is 23.5 Å². The van der Waals surface area contributed by atoms with Crippen molar-refractivity contribution in [3.05, 3.63) is 6.42 Å². The molecule has 3 unspecified atom stereocenters. The van der Waals surface area contributed by atoms with E-state index in [4.69, 9.17) is 32.5 Å². The van der Waals surface area contributed by atoms with Crippen LogP contribution in [0, 0.1) is 6.42 Å². The van der Waals surface area contributed by atoms with Gasteiger partial charge in [-0.25, -0.2) is 4.57 Å². The summed E-state index contributed by atoms with van der Waals surface area (Å²) in [6.07, 6.45) is 1.28. The minimum atomic E-state index is -3.80. The van der Waals surface area contributed by atoms with Crippen molar-refractivity contribution in [3.63, 3.8) is 0 Å². The first-order chi connectivity index (χ1) is 13.1. The second kappa shape index (κ2) is 14.6. The van der Waals surface area contributed by atoms with E-state index >= 15 is 0 Å². The predicted molar refractivity (Wildman–Crippen MR) is 104 cm³/mol. The standard InChI is InChI=1S/C19H36O8P.2W/c1-12(2)22-10-18-17(9-15(6)25-18)27-28(20,21-7)23-11-19-16(24-13(3)4)8-14(5)26-19;;/h9,12-19H,8,10-11H2,1-7H3;;/q-1;;/t14-,15-,16?,17?,18+,19+,28?;;/m0../s1. The topological polar surface area (TPSA) is 81.7 Å². The molecule has 2 fully saturated rings. The first-order valence-corrected chi connectivity index (χ1v) is 11.5. The van der Waals surface area contributed by atoms with Crippen molar-refractivity contribution >= 4 is 7.82 Å². The van der Waals surface area contributed by atoms with E-state index in [0.29, 0.717) is 6.61 Å². The first kappa shape index (κ1) is 31.3. The van der Waals surface area contributed by atoms with Gasteiger partial charge in [0, 0.05) is 55.7 Å². The van der Waals surface area contributed by atoms with Gasteiger partial charge in [-0.3, -0.25) is 15.5 Å². The Morgan fingerprint density at radius 1 is 1.03 bits per heavy atom. The van der Waals surface area contributed by atoms with Crippen molar-refractivity contribution in [1.29, 1.82) is 0 Å². The summed E-state index contributed by atoms with van der Waals surface area (Å²) in [5.41, 5.74) is 0. The van der Waals surface area contributed by atoms with E-state index in [2.05, 4.69) is 0 Å². The summed E-state index contributed by atoms with van der Waals surface area (Å²) in [6, 6.07) is 0. The summed E-state index contributed by atoms with van der Waals surface area (Å²) in [5, 5.41) is 0. The molecule has 2 saturated heterocycles. The molecule has 2 rings (SSSR count). The Labute approximate surface area is 209 Å². The minimum Gasteiger partial charge on any atom is -0.405 e. The Morgan fingerprint density at radius 2 is 1.70 bits per heavy atom. The molecular formula is C19H36O8PW2-. The van der Waals surface area contributed by atoms with Crippen LogP contribution in [0.3, 0.4) is 0 Å². The van der Waals surface area contributed by atoms with Gasteiger partial charge in [0.1, 0.15) is 6.10 Å². The largest absolute Gasteiger partial charge is 0.472 e. The van der Waals surface area contributed by atoms with E-state index in [1.807, 2.05) is 48.0 Å². The van der Waals surface area contributed by atoms with Crippen molar-refractivity contribution in [2.24, 2.45) is 0 Å². The molecule has 8 nitrogen and oxygen atoms in total. The molecule has 178 valence electrons. The summed E-state index contributed by atoms with van der Waals surface area (Å²) in [6.45, 7) is 12.1. The molecule has 0 spiro atoms. The summed E-state index contributed by atoms with van der Waals surface area (Å²) < 4.78 is 52.6. The molecule has 11 heteroatoms. The second-order valence-electron chi connectivity index (χ2n) is 7.89. The number of phosphoric ester groups is 1. The van der Waals surface area contributed by atoms with Crippen LogP contribution >= 0.6 is 7.82 Å². The zero-order valence-corrected chi connectivity index (χ0v) is 25.6. The Morgan fingerprint density at radius 3 is 2.27 bits per heavy atom. The van der Waals surface area contributed by atoms with Gasteiger partial charge in [-0.15, -0.1) is 0 Å². The van der Waals surface area contributed by atoms with Gasteiger partial charge in [0.25, 0.3) is 0 Å². The van der Waals surface area contributed by atoms with E-state index in [1.165, 1.54) is 7.11 Å². The fraction of sp³-hybridized carbons (Fsp3) is 0.947. The molecule has 2 aliphatic rings. The molecule has 0 saturated carbocycles. The maximum absolute atomic E-state index is 13.0. The van der Waals surface area contributed by atoms with Crippen molar-refractivity contribution in [2.75, 3.05) is 20.3 Å². The van der Waals surface area contributed by atoms with Crippen molar-refractivity contribution in [2.45, 2.75) is 96.8 Å². The number of hydrogen-bond donors (Lipinski definition) is 0. The van der Waals surface area contributed by atoms with Gasteiger partial charge in [0.05, 0.1) is 43.7 Å². The maximum atomic E-state index is 13.0. The molecule has 0 radical (unpaired) electrons. The molecule has 0 aromatic rings. The van der Waals surface area contributed by atoms with Crippen LogP contribution in [-0.2, 0) is 79.2 Å². The molecule has 2 heterocycles. The number of hydrogen-bond acceptors (Lipinski definition) is 8. The zero-order valence-electron chi connectivity index (χ0n) is 18.8. The van der Waals surface area contributed by atoms with Gasteiger partial charge in [0.15, 0.2) is 0 Å². The monoisotopic (exact) mass is 791 g/mol. The van der Waals surface area contributed by atoms with Crippen LogP contribution in [0.2, 0.25) is 0 Å². The predicted octanol–water partition coefficient (Wildman–Crippen LogP) is 3.53. The number of rotatable bonds is 11. The number of phosphoric acid groups is 1. The number of ether oxygens (including phenoxy) is 4. The van der Waals surface area contributed by atoms with E-state index < -0.39 is 13.9 Å². The molecule has 0 aliphatic carbocycles. The molecular weight excluding hydrogens is 755 g/mol. The molecule has 0 amide bonds. The van der Waals surface area contributed by atoms with Crippen LogP contribution in [0.25, 0.3) is 0 Å². The molecule has 30 heavy (non-hydrogen) atoms. The Balaban J connectivity index is 0.00000420. The van der Waals surface area contributed by atoms with E-state index in [1.54, 1.807) is 0 Å². The quantitative estimate of drug-likeness (QED) is 0.233. The summed E-state index contributed by atoms with van der Waals surface area (Å²) >= 11 is 0. The van der Waals surface area contributed by atoms with Crippen LogP contribution in [0.5, 0.6) is 0 Å². The Bertz CT molecular complexity index is 525. The average Bonchev–Trinajstić information content (AvgIpc) is 3.12. The fourth-order valence-corrected chi connectivity index (χ4v) is 4.40. The van der Waals surface area contributed by atoms with Crippen LogP contribution in [-0.4, -0.2) is 69.2 Å². The summed E-state index contributed by atoms with van der Waals surface area (Å²) in [7, 11) is -2.49.